The summed E-state index contributed by atoms with van der Waals surface area (Å²) in [6.07, 6.45) is 5.84. The molecule has 1 atom stereocenters. The molecule has 3 aromatic carbocycles. The first-order valence-corrected chi connectivity index (χ1v) is 18.9. The predicted octanol–water partition coefficient (Wildman–Crippen LogP) is 9.41. The number of rotatable bonds is 8. The molecule has 0 aliphatic heterocycles. The van der Waals surface area contributed by atoms with Crippen LogP contribution in [0.4, 0.5) is 20.6 Å². The van der Waals surface area contributed by atoms with Gasteiger partial charge in [0, 0.05) is 36.0 Å². The van der Waals surface area contributed by atoms with E-state index in [1.54, 1.807) is 40.0 Å². The number of aryl methyl sites for hydroxylation is 1. The highest BCUT2D eigenvalue weighted by Gasteiger charge is 2.34. The Bertz CT molecular complexity index is 2220. The number of hydrogen-bond donors (Lipinski definition) is 3. The van der Waals surface area contributed by atoms with E-state index in [4.69, 9.17) is 21.3 Å². The molecular weight excluding hydrogens is 705 g/mol. The maximum Gasteiger partial charge on any atom is 0.408 e. The van der Waals surface area contributed by atoms with Crippen LogP contribution in [0.15, 0.2) is 72.9 Å². The number of phenols is 1. The molecule has 1 fully saturated rings. The van der Waals surface area contributed by atoms with Crippen LogP contribution in [-0.2, 0) is 22.4 Å². The van der Waals surface area contributed by atoms with Crippen LogP contribution >= 0.6 is 11.6 Å². The molecule has 2 aromatic heterocycles. The molecule has 2 heterocycles. The molecule has 11 heteroatoms. The second-order valence-corrected chi connectivity index (χ2v) is 15.7. The zero-order valence-electron chi connectivity index (χ0n) is 31.2. The van der Waals surface area contributed by atoms with Gasteiger partial charge < -0.3 is 25.4 Å². The maximum absolute atomic E-state index is 14.7. The lowest BCUT2D eigenvalue weighted by Crippen LogP contribution is -2.50. The van der Waals surface area contributed by atoms with E-state index >= 15 is 0 Å². The number of fused-ring (bicyclic) bond motifs is 4. The van der Waals surface area contributed by atoms with Crippen molar-refractivity contribution in [2.24, 2.45) is 0 Å². The van der Waals surface area contributed by atoms with E-state index in [1.165, 1.54) is 39.9 Å². The van der Waals surface area contributed by atoms with E-state index in [-0.39, 0.29) is 23.0 Å². The Kier molecular flexibility index (Phi) is 10.2. The molecule has 2 aliphatic rings. The molecule has 0 spiro atoms. The number of pyridine rings is 2. The van der Waals surface area contributed by atoms with Crippen molar-refractivity contribution in [2.45, 2.75) is 96.9 Å². The lowest BCUT2D eigenvalue weighted by atomic mass is 9.88. The highest BCUT2D eigenvalue weighted by molar-refractivity contribution is 6.32. The number of anilines is 2. The van der Waals surface area contributed by atoms with Crippen molar-refractivity contribution in [2.75, 3.05) is 4.90 Å². The number of carbonyl (C=O) groups excluding carboxylic acids is 2. The fourth-order valence-corrected chi connectivity index (χ4v) is 7.85. The number of hydrogen-bond acceptors (Lipinski definition) is 7. The second-order valence-electron chi connectivity index (χ2n) is 15.3. The third-order valence-corrected chi connectivity index (χ3v) is 10.6. The quantitative estimate of drug-likeness (QED) is 0.142. The SMILES string of the molecule is CCc1cc2c(c(N(c3ccnc4ccc(-c5cc(F)c(O)c(Cl)c5)nc34)C3CCC(NC(=O)C(C)NC(=O)OC(C)(C)C)CC3)c1)Cc1ccccc1-2. The molecule has 2 aliphatic carbocycles. The van der Waals surface area contributed by atoms with Crippen LogP contribution in [-0.4, -0.2) is 50.8 Å². The molecule has 9 nitrogen and oxygen atoms in total. The Balaban J connectivity index is 1.25. The second kappa shape index (κ2) is 14.9. The molecule has 1 unspecified atom stereocenters. The van der Waals surface area contributed by atoms with Crippen molar-refractivity contribution in [1.82, 2.24) is 20.6 Å². The number of phenolic OH excluding ortho intramolecular Hbond substituents is 1. The summed E-state index contributed by atoms with van der Waals surface area (Å²) in [6.45, 7) is 9.16. The minimum Gasteiger partial charge on any atom is -0.504 e. The molecule has 7 rings (SSSR count). The molecule has 3 N–H and O–H groups in total. The predicted molar refractivity (Wildman–Crippen MR) is 211 cm³/mol. The van der Waals surface area contributed by atoms with Crippen molar-refractivity contribution in [3.8, 4) is 28.1 Å². The highest BCUT2D eigenvalue weighted by atomic mass is 35.5. The van der Waals surface area contributed by atoms with Crippen LogP contribution in [0.3, 0.4) is 0 Å². The van der Waals surface area contributed by atoms with Crippen molar-refractivity contribution in [1.29, 1.82) is 0 Å². The first kappa shape index (κ1) is 37.1. The Labute approximate surface area is 319 Å². The van der Waals surface area contributed by atoms with Gasteiger partial charge in [0.15, 0.2) is 11.6 Å². The molecule has 54 heavy (non-hydrogen) atoms. The van der Waals surface area contributed by atoms with Crippen molar-refractivity contribution in [3.05, 3.63) is 100 Å². The number of carbonyl (C=O) groups is 2. The summed E-state index contributed by atoms with van der Waals surface area (Å²) in [5, 5.41) is 15.7. The Hall–Kier alpha value is -5.22. The minimum absolute atomic E-state index is 0.0481. The normalized spacial score (nSPS) is 17.0. The molecule has 0 bridgehead atoms. The number of aromatic hydroxyl groups is 1. The Morgan fingerprint density at radius 3 is 2.50 bits per heavy atom. The van der Waals surface area contributed by atoms with Crippen LogP contribution in [0, 0.1) is 5.82 Å². The lowest BCUT2D eigenvalue weighted by Gasteiger charge is -2.40. The largest absolute Gasteiger partial charge is 0.504 e. The van der Waals surface area contributed by atoms with Gasteiger partial charge in [0.25, 0.3) is 0 Å². The lowest BCUT2D eigenvalue weighted by molar-refractivity contribution is -0.123. The zero-order chi connectivity index (χ0) is 38.3. The van der Waals surface area contributed by atoms with Gasteiger partial charge in [-0.05, 0) is 124 Å². The zero-order valence-corrected chi connectivity index (χ0v) is 31.9. The first-order chi connectivity index (χ1) is 25.8. The van der Waals surface area contributed by atoms with Gasteiger partial charge >= 0.3 is 6.09 Å². The number of aromatic nitrogens is 2. The maximum atomic E-state index is 14.7. The topological polar surface area (TPSA) is 117 Å². The monoisotopic (exact) mass is 749 g/mol. The van der Waals surface area contributed by atoms with Gasteiger partial charge in [-0.1, -0.05) is 48.9 Å². The van der Waals surface area contributed by atoms with Crippen LogP contribution in [0.25, 0.3) is 33.4 Å². The molecule has 2 amide bonds. The molecular formula is C43H45ClFN5O4. The van der Waals surface area contributed by atoms with Gasteiger partial charge in [0.1, 0.15) is 17.2 Å². The highest BCUT2D eigenvalue weighted by Crippen LogP contribution is 2.47. The van der Waals surface area contributed by atoms with E-state index in [0.717, 1.165) is 49.9 Å². The van der Waals surface area contributed by atoms with Gasteiger partial charge in [-0.25, -0.2) is 14.2 Å². The number of nitrogens with one attached hydrogen (secondary N) is 2. The third-order valence-electron chi connectivity index (χ3n) is 10.3. The molecule has 0 radical (unpaired) electrons. The number of amides is 2. The molecule has 0 saturated heterocycles. The smallest absolute Gasteiger partial charge is 0.408 e. The Morgan fingerprint density at radius 2 is 1.78 bits per heavy atom. The molecule has 1 saturated carbocycles. The van der Waals surface area contributed by atoms with Crippen molar-refractivity contribution >= 4 is 46.0 Å². The van der Waals surface area contributed by atoms with Crippen LogP contribution in [0.2, 0.25) is 5.02 Å². The van der Waals surface area contributed by atoms with Gasteiger partial charge in [0.2, 0.25) is 5.91 Å². The number of halogens is 2. The summed E-state index contributed by atoms with van der Waals surface area (Å²) >= 11 is 6.19. The van der Waals surface area contributed by atoms with E-state index < -0.39 is 29.3 Å². The third kappa shape index (κ3) is 7.57. The van der Waals surface area contributed by atoms with Gasteiger partial charge in [-0.15, -0.1) is 0 Å². The van der Waals surface area contributed by atoms with Crippen LogP contribution in [0.5, 0.6) is 5.75 Å². The average molecular weight is 750 g/mol. The van der Waals surface area contributed by atoms with Gasteiger partial charge in [-0.3, -0.25) is 9.78 Å². The van der Waals surface area contributed by atoms with Crippen LogP contribution < -0.4 is 15.5 Å². The average Bonchev–Trinajstić information content (AvgIpc) is 3.52. The summed E-state index contributed by atoms with van der Waals surface area (Å²) in [5.41, 5.74) is 9.84. The number of nitrogens with zero attached hydrogens (tertiary/aromatic N) is 3. The van der Waals surface area contributed by atoms with Crippen LogP contribution in [0.1, 0.15) is 77.0 Å². The van der Waals surface area contributed by atoms with E-state index in [9.17, 15) is 19.1 Å². The number of alkyl carbamates (subject to hydrolysis) is 1. The van der Waals surface area contributed by atoms with Gasteiger partial charge in [-0.2, -0.15) is 0 Å². The van der Waals surface area contributed by atoms with Crippen molar-refractivity contribution < 1.29 is 23.8 Å². The minimum atomic E-state index is -0.821. The standard InChI is InChI=1S/C43H45ClFN5O4/c1-6-25-19-31-30-10-8-7-9-26(30)21-32(31)38(20-25)50(29-13-11-28(12-14-29)48-41(52)24(2)47-42(53)54-43(3,4)5)37-17-18-46-36-16-15-35(49-39(36)37)27-22-33(44)40(51)34(45)23-27/h7-10,15-20,22-24,28-29,51H,6,11-14,21H2,1-5H3,(H,47,53)(H,48,52). The Morgan fingerprint density at radius 1 is 1.02 bits per heavy atom. The van der Waals surface area contributed by atoms with E-state index in [0.29, 0.717) is 22.3 Å². The first-order valence-electron chi connectivity index (χ1n) is 18.6. The summed E-state index contributed by atoms with van der Waals surface area (Å²) in [6, 6.07) is 20.8. The number of ether oxygens (including phenoxy) is 1. The summed E-state index contributed by atoms with van der Waals surface area (Å²) < 4.78 is 20.0. The fourth-order valence-electron chi connectivity index (χ4n) is 7.65. The summed E-state index contributed by atoms with van der Waals surface area (Å²) in [5.74, 6) is -1.67. The van der Waals surface area contributed by atoms with Crippen molar-refractivity contribution in [3.63, 3.8) is 0 Å². The summed E-state index contributed by atoms with van der Waals surface area (Å²) in [7, 11) is 0. The molecule has 5 aromatic rings. The molecule has 280 valence electrons. The van der Waals surface area contributed by atoms with E-state index in [1.807, 2.05) is 12.1 Å². The fraction of sp³-hybridized carbons (Fsp3) is 0.349. The van der Waals surface area contributed by atoms with E-state index in [2.05, 4.69) is 63.8 Å². The van der Waals surface area contributed by atoms with Gasteiger partial charge in [0.05, 0.1) is 21.9 Å². The number of benzene rings is 3. The summed E-state index contributed by atoms with van der Waals surface area (Å²) in [4.78, 5) is 37.7.